The molecule has 0 aliphatic carbocycles. The van der Waals surface area contributed by atoms with Gasteiger partial charge < -0.3 is 18.5 Å². The zero-order valence-electron chi connectivity index (χ0n) is 21.0. The number of alkyl halides is 3. The Morgan fingerprint density at radius 2 is 1.94 bits per heavy atom. The summed E-state index contributed by atoms with van der Waals surface area (Å²) in [6, 6.07) is 6.93. The minimum atomic E-state index is -4.58. The fraction of sp³-hybridized carbons (Fsp3) is 0.600. The van der Waals surface area contributed by atoms with Gasteiger partial charge in [0.1, 0.15) is 12.1 Å². The summed E-state index contributed by atoms with van der Waals surface area (Å²) in [7, 11) is -1.91. The number of benzene rings is 1. The summed E-state index contributed by atoms with van der Waals surface area (Å²) >= 11 is 0. The lowest BCUT2D eigenvalue weighted by molar-refractivity contribution is -0.141. The van der Waals surface area contributed by atoms with Crippen LogP contribution in [-0.2, 0) is 26.7 Å². The quantitative estimate of drug-likeness (QED) is 0.293. The Balaban J connectivity index is 1.85. The third kappa shape index (κ3) is 6.73. The summed E-state index contributed by atoms with van der Waals surface area (Å²) in [5, 5.41) is 9.45. The van der Waals surface area contributed by atoms with Crippen molar-refractivity contribution in [2.45, 2.75) is 77.2 Å². The van der Waals surface area contributed by atoms with Crippen molar-refractivity contribution in [2.24, 2.45) is 0 Å². The standard InChI is InChI=1S/C25H34F3N3O3Si/c1-24(2,3)35(4,5)34-13-12-32-17-19-14-18(15-29)9-10-20(19)23-30-21(25(26,27)28)16-31(23)22-8-6-7-11-33-22/h9-10,14,16,22H,6-8,11-13,17H2,1-5H3. The van der Waals surface area contributed by atoms with Gasteiger partial charge in [0.25, 0.3) is 0 Å². The van der Waals surface area contributed by atoms with Gasteiger partial charge in [-0.1, -0.05) is 20.8 Å². The first-order chi connectivity index (χ1) is 16.3. The molecular weight excluding hydrogens is 475 g/mol. The molecule has 6 nitrogen and oxygen atoms in total. The Kier molecular flexibility index (Phi) is 8.47. The summed E-state index contributed by atoms with van der Waals surface area (Å²) in [4.78, 5) is 3.95. The van der Waals surface area contributed by atoms with E-state index in [1.807, 2.05) is 0 Å². The molecule has 0 radical (unpaired) electrons. The number of halogens is 3. The third-order valence-corrected chi connectivity index (χ3v) is 11.3. The number of hydrogen-bond acceptors (Lipinski definition) is 5. The second-order valence-electron chi connectivity index (χ2n) is 10.3. The zero-order valence-corrected chi connectivity index (χ0v) is 22.0. The normalized spacial score (nSPS) is 17.4. The molecule has 1 aliphatic heterocycles. The maximum absolute atomic E-state index is 13.6. The molecule has 1 aliphatic rings. The number of nitrogens with zero attached hydrogens (tertiary/aromatic N) is 3. The van der Waals surface area contributed by atoms with Crippen molar-refractivity contribution in [3.63, 3.8) is 0 Å². The molecule has 3 rings (SSSR count). The van der Waals surface area contributed by atoms with Gasteiger partial charge in [-0.05, 0) is 61.2 Å². The molecule has 1 saturated heterocycles. The Hall–Kier alpha value is -2.19. The van der Waals surface area contributed by atoms with Crippen molar-refractivity contribution in [3.8, 4) is 17.5 Å². The van der Waals surface area contributed by atoms with Crippen molar-refractivity contribution >= 4 is 8.32 Å². The average Bonchev–Trinajstić information content (AvgIpc) is 3.24. The van der Waals surface area contributed by atoms with Gasteiger partial charge in [0.2, 0.25) is 0 Å². The lowest BCUT2D eigenvalue weighted by atomic mass is 10.0. The molecule has 1 atom stereocenters. The molecule has 0 spiro atoms. The van der Waals surface area contributed by atoms with E-state index in [4.69, 9.17) is 13.9 Å². The first-order valence-electron chi connectivity index (χ1n) is 11.9. The number of nitriles is 1. The Morgan fingerprint density at radius 1 is 1.20 bits per heavy atom. The van der Waals surface area contributed by atoms with E-state index >= 15 is 0 Å². The number of ether oxygens (including phenoxy) is 2. The van der Waals surface area contributed by atoms with E-state index in [1.54, 1.807) is 18.2 Å². The molecule has 0 amide bonds. The second-order valence-corrected chi connectivity index (χ2v) is 15.1. The minimum absolute atomic E-state index is 0.0791. The summed E-state index contributed by atoms with van der Waals surface area (Å²) in [6.07, 6.45) is -1.75. The fourth-order valence-corrected chi connectivity index (χ4v) is 4.67. The number of rotatable bonds is 8. The smallest absolute Gasteiger partial charge is 0.414 e. The van der Waals surface area contributed by atoms with Crippen molar-refractivity contribution in [1.82, 2.24) is 9.55 Å². The van der Waals surface area contributed by atoms with Crippen LogP contribution in [0.15, 0.2) is 24.4 Å². The summed E-state index contributed by atoms with van der Waals surface area (Å²) in [5.74, 6) is 0.157. The lowest BCUT2D eigenvalue weighted by Crippen LogP contribution is -2.41. The van der Waals surface area contributed by atoms with Gasteiger partial charge in [-0.25, -0.2) is 4.98 Å². The van der Waals surface area contributed by atoms with Crippen LogP contribution < -0.4 is 0 Å². The molecule has 1 fully saturated rings. The van der Waals surface area contributed by atoms with E-state index in [9.17, 15) is 18.4 Å². The number of imidazole rings is 1. The van der Waals surface area contributed by atoms with Crippen LogP contribution in [0.2, 0.25) is 18.1 Å². The average molecular weight is 510 g/mol. The van der Waals surface area contributed by atoms with Crippen molar-refractivity contribution in [2.75, 3.05) is 19.8 Å². The highest BCUT2D eigenvalue weighted by Crippen LogP contribution is 2.37. The summed E-state index contributed by atoms with van der Waals surface area (Å²) in [5.41, 5.74) is 0.500. The Bertz CT molecular complexity index is 1050. The molecule has 1 aromatic heterocycles. The molecule has 192 valence electrons. The van der Waals surface area contributed by atoms with Crippen LogP contribution in [0.25, 0.3) is 11.4 Å². The summed E-state index contributed by atoms with van der Waals surface area (Å²) in [6.45, 7) is 12.2. The van der Waals surface area contributed by atoms with Gasteiger partial charge in [-0.3, -0.25) is 0 Å². The van der Waals surface area contributed by atoms with Crippen molar-refractivity contribution < 1.29 is 27.1 Å². The molecule has 0 N–H and O–H groups in total. The predicted molar refractivity (Wildman–Crippen MR) is 129 cm³/mol. The minimum Gasteiger partial charge on any atom is -0.414 e. The first-order valence-corrected chi connectivity index (χ1v) is 14.8. The van der Waals surface area contributed by atoms with Gasteiger partial charge >= 0.3 is 6.18 Å². The highest BCUT2D eigenvalue weighted by molar-refractivity contribution is 6.74. The molecular formula is C25H34F3N3O3Si. The van der Waals surface area contributed by atoms with Crippen LogP contribution in [0.5, 0.6) is 0 Å². The van der Waals surface area contributed by atoms with E-state index in [1.165, 1.54) is 4.57 Å². The second kappa shape index (κ2) is 10.8. The largest absolute Gasteiger partial charge is 0.434 e. The maximum Gasteiger partial charge on any atom is 0.434 e. The fourth-order valence-electron chi connectivity index (χ4n) is 3.65. The highest BCUT2D eigenvalue weighted by atomic mass is 28.4. The van der Waals surface area contributed by atoms with Crippen LogP contribution in [-0.4, -0.2) is 37.7 Å². The van der Waals surface area contributed by atoms with Crippen LogP contribution in [0.3, 0.4) is 0 Å². The summed E-state index contributed by atoms with van der Waals surface area (Å²) < 4.78 is 59.9. The molecule has 10 heteroatoms. The van der Waals surface area contributed by atoms with Gasteiger partial charge in [0.15, 0.2) is 14.0 Å². The van der Waals surface area contributed by atoms with Crippen molar-refractivity contribution in [1.29, 1.82) is 5.26 Å². The Labute approximate surface area is 206 Å². The van der Waals surface area contributed by atoms with Gasteiger partial charge in [0.05, 0.1) is 31.5 Å². The number of hydrogen-bond donors (Lipinski definition) is 0. The van der Waals surface area contributed by atoms with Gasteiger partial charge in [-0.2, -0.15) is 18.4 Å². The molecule has 35 heavy (non-hydrogen) atoms. The van der Waals surface area contributed by atoms with Crippen LogP contribution in [0.1, 0.15) is 63.1 Å². The molecule has 2 aromatic rings. The van der Waals surface area contributed by atoms with E-state index < -0.39 is 26.4 Å². The topological polar surface area (TPSA) is 69.3 Å². The lowest BCUT2D eigenvalue weighted by Gasteiger charge is -2.36. The van der Waals surface area contributed by atoms with Crippen LogP contribution in [0.4, 0.5) is 13.2 Å². The maximum atomic E-state index is 13.6. The predicted octanol–water partition coefficient (Wildman–Crippen LogP) is 6.68. The van der Waals surface area contributed by atoms with E-state index in [-0.39, 0.29) is 17.5 Å². The Morgan fingerprint density at radius 3 is 2.54 bits per heavy atom. The third-order valence-electron chi connectivity index (χ3n) is 6.72. The van der Waals surface area contributed by atoms with Crippen LogP contribution >= 0.6 is 0 Å². The molecule has 0 bridgehead atoms. The zero-order chi connectivity index (χ0) is 25.9. The van der Waals surface area contributed by atoms with Gasteiger partial charge in [-0.15, -0.1) is 0 Å². The highest BCUT2D eigenvalue weighted by Gasteiger charge is 2.37. The first kappa shape index (κ1) is 27.4. The molecule has 2 heterocycles. The van der Waals surface area contributed by atoms with Crippen LogP contribution in [0, 0.1) is 11.3 Å². The number of aromatic nitrogens is 2. The monoisotopic (exact) mass is 509 g/mol. The van der Waals surface area contributed by atoms with E-state index in [0.717, 1.165) is 19.0 Å². The molecule has 1 unspecified atom stereocenters. The van der Waals surface area contributed by atoms with E-state index in [2.05, 4.69) is 44.9 Å². The SMILES string of the molecule is CC(C)(C)[Si](C)(C)OCCOCc1cc(C#N)ccc1-c1nc(C(F)(F)F)cn1C1CCCCO1. The van der Waals surface area contributed by atoms with Crippen molar-refractivity contribution in [3.05, 3.63) is 41.2 Å². The van der Waals surface area contributed by atoms with E-state index in [0.29, 0.717) is 42.9 Å². The van der Waals surface area contributed by atoms with Gasteiger partial charge in [0, 0.05) is 18.4 Å². The molecule has 1 aromatic carbocycles. The molecule has 0 saturated carbocycles.